The molecule has 3 amide bonds. The summed E-state index contributed by atoms with van der Waals surface area (Å²) < 4.78 is 0. The van der Waals surface area contributed by atoms with Gasteiger partial charge in [-0.25, -0.2) is 0 Å². The largest absolute Gasteiger partial charge is 0.366 e. The van der Waals surface area contributed by atoms with Crippen LogP contribution in [-0.4, -0.2) is 17.7 Å². The monoisotopic (exact) mass is 232 g/mol. The Morgan fingerprint density at radius 2 is 1.82 bits per heavy atom. The van der Waals surface area contributed by atoms with Gasteiger partial charge >= 0.3 is 0 Å². The highest BCUT2D eigenvalue weighted by Crippen LogP contribution is 2.26. The van der Waals surface area contributed by atoms with Crippen molar-refractivity contribution in [2.24, 2.45) is 5.73 Å². The van der Waals surface area contributed by atoms with Crippen molar-refractivity contribution < 1.29 is 14.4 Å². The van der Waals surface area contributed by atoms with Gasteiger partial charge < -0.3 is 5.73 Å². The molecule has 1 aliphatic rings. The number of carbonyl (C=O) groups excluding carboxylic acids is 3. The number of nitrogens with two attached hydrogens (primary N) is 1. The smallest absolute Gasteiger partial charge is 0.248 e. The summed E-state index contributed by atoms with van der Waals surface area (Å²) in [5.74, 6) is -1.05. The molecule has 1 aromatic rings. The molecule has 1 saturated heterocycles. The maximum Gasteiger partial charge on any atom is 0.248 e. The fraction of sp³-hybridized carbons (Fsp3) is 0.250. The number of anilines is 1. The first-order valence-corrected chi connectivity index (χ1v) is 5.27. The fourth-order valence-corrected chi connectivity index (χ4v) is 1.85. The SMILES string of the molecule is Cc1ccc(C(N)=O)cc1N1C(=O)CCC1=O. The van der Waals surface area contributed by atoms with E-state index in [1.807, 2.05) is 0 Å². The van der Waals surface area contributed by atoms with E-state index in [2.05, 4.69) is 0 Å². The van der Waals surface area contributed by atoms with Crippen molar-refractivity contribution in [3.63, 3.8) is 0 Å². The van der Waals surface area contributed by atoms with Gasteiger partial charge in [0.2, 0.25) is 17.7 Å². The average Bonchev–Trinajstić information content (AvgIpc) is 2.59. The fourth-order valence-electron chi connectivity index (χ4n) is 1.85. The van der Waals surface area contributed by atoms with Crippen LogP contribution in [0.4, 0.5) is 5.69 Å². The first-order chi connectivity index (χ1) is 8.00. The van der Waals surface area contributed by atoms with Gasteiger partial charge in [0, 0.05) is 18.4 Å². The zero-order chi connectivity index (χ0) is 12.6. The minimum absolute atomic E-state index is 0.221. The van der Waals surface area contributed by atoms with Crippen molar-refractivity contribution in [1.29, 1.82) is 0 Å². The number of primary amides is 1. The van der Waals surface area contributed by atoms with Crippen LogP contribution in [0.3, 0.4) is 0 Å². The number of hydrogen-bond donors (Lipinski definition) is 1. The van der Waals surface area contributed by atoms with Gasteiger partial charge in [0.15, 0.2) is 0 Å². The van der Waals surface area contributed by atoms with Gasteiger partial charge in [-0.2, -0.15) is 0 Å². The highest BCUT2D eigenvalue weighted by atomic mass is 16.2. The van der Waals surface area contributed by atoms with Crippen LogP contribution < -0.4 is 10.6 Å². The first-order valence-electron chi connectivity index (χ1n) is 5.27. The van der Waals surface area contributed by atoms with Gasteiger partial charge in [0.1, 0.15) is 0 Å². The molecular weight excluding hydrogens is 220 g/mol. The third-order valence-electron chi connectivity index (χ3n) is 2.79. The van der Waals surface area contributed by atoms with Crippen molar-refractivity contribution in [3.05, 3.63) is 29.3 Å². The lowest BCUT2D eigenvalue weighted by Gasteiger charge is -2.17. The highest BCUT2D eigenvalue weighted by molar-refractivity contribution is 6.20. The molecule has 0 unspecified atom stereocenters. The normalized spacial score (nSPS) is 15.5. The van der Waals surface area contributed by atoms with Crippen molar-refractivity contribution in [2.45, 2.75) is 19.8 Å². The molecule has 0 bridgehead atoms. The van der Waals surface area contributed by atoms with E-state index in [0.717, 1.165) is 10.5 Å². The highest BCUT2D eigenvalue weighted by Gasteiger charge is 2.31. The van der Waals surface area contributed by atoms with Crippen LogP contribution in [0, 0.1) is 6.92 Å². The Bertz CT molecular complexity index is 506. The molecule has 0 atom stereocenters. The summed E-state index contributed by atoms with van der Waals surface area (Å²) in [6, 6.07) is 4.74. The lowest BCUT2D eigenvalue weighted by molar-refractivity contribution is -0.121. The number of aryl methyl sites for hydroxylation is 1. The number of amides is 3. The Hall–Kier alpha value is -2.17. The van der Waals surface area contributed by atoms with E-state index < -0.39 is 5.91 Å². The maximum absolute atomic E-state index is 11.6. The Kier molecular flexibility index (Phi) is 2.67. The van der Waals surface area contributed by atoms with Crippen LogP contribution in [0.25, 0.3) is 0 Å². The van der Waals surface area contributed by atoms with Gasteiger partial charge in [-0.05, 0) is 24.6 Å². The summed E-state index contributed by atoms with van der Waals surface area (Å²) in [5.41, 5.74) is 6.68. The number of imide groups is 1. The molecule has 0 radical (unpaired) electrons. The molecule has 0 spiro atoms. The van der Waals surface area contributed by atoms with Crippen LogP contribution in [0.15, 0.2) is 18.2 Å². The second kappa shape index (κ2) is 4.01. The maximum atomic E-state index is 11.6. The molecule has 1 aliphatic heterocycles. The molecule has 0 aromatic heterocycles. The van der Waals surface area contributed by atoms with Gasteiger partial charge in [0.25, 0.3) is 0 Å². The molecule has 0 saturated carbocycles. The molecule has 1 heterocycles. The number of rotatable bonds is 2. The van der Waals surface area contributed by atoms with Crippen LogP contribution in [0.1, 0.15) is 28.8 Å². The molecule has 5 nitrogen and oxygen atoms in total. The molecule has 1 fully saturated rings. The van der Waals surface area contributed by atoms with Crippen LogP contribution in [0.2, 0.25) is 0 Å². The Balaban J connectivity index is 2.50. The predicted octanol–water partition coefficient (Wildman–Crippen LogP) is 0.747. The van der Waals surface area contributed by atoms with Gasteiger partial charge in [0.05, 0.1) is 5.69 Å². The third kappa shape index (κ3) is 1.91. The second-order valence-electron chi connectivity index (χ2n) is 3.99. The Morgan fingerprint density at radius 3 is 2.35 bits per heavy atom. The molecule has 17 heavy (non-hydrogen) atoms. The lowest BCUT2D eigenvalue weighted by atomic mass is 10.1. The molecular formula is C12H12N2O3. The van der Waals surface area contributed by atoms with Crippen molar-refractivity contribution in [3.8, 4) is 0 Å². The first kappa shape index (κ1) is 11.3. The molecule has 2 rings (SSSR count). The minimum atomic E-state index is -0.578. The average molecular weight is 232 g/mol. The van der Waals surface area contributed by atoms with E-state index in [-0.39, 0.29) is 30.2 Å². The van der Waals surface area contributed by atoms with Crippen molar-refractivity contribution in [2.75, 3.05) is 4.90 Å². The summed E-state index contributed by atoms with van der Waals surface area (Å²) in [7, 11) is 0. The van der Waals surface area contributed by atoms with Gasteiger partial charge in [-0.3, -0.25) is 19.3 Å². The zero-order valence-corrected chi connectivity index (χ0v) is 9.40. The number of benzene rings is 1. The van der Waals surface area contributed by atoms with Crippen LogP contribution >= 0.6 is 0 Å². The number of nitrogens with zero attached hydrogens (tertiary/aromatic N) is 1. The standard InChI is InChI=1S/C12H12N2O3/c1-7-2-3-8(12(13)17)6-9(7)14-10(15)4-5-11(14)16/h2-3,6H,4-5H2,1H3,(H2,13,17). The molecule has 0 aliphatic carbocycles. The Labute approximate surface area is 98.2 Å². The van der Waals surface area contributed by atoms with E-state index >= 15 is 0 Å². The van der Waals surface area contributed by atoms with E-state index in [0.29, 0.717) is 5.69 Å². The summed E-state index contributed by atoms with van der Waals surface area (Å²) in [5, 5.41) is 0. The summed E-state index contributed by atoms with van der Waals surface area (Å²) in [6.07, 6.45) is 0.443. The van der Waals surface area contributed by atoms with Crippen molar-refractivity contribution in [1.82, 2.24) is 0 Å². The van der Waals surface area contributed by atoms with E-state index in [1.54, 1.807) is 19.1 Å². The summed E-state index contributed by atoms with van der Waals surface area (Å²) in [6.45, 7) is 1.78. The Morgan fingerprint density at radius 1 is 1.24 bits per heavy atom. The topological polar surface area (TPSA) is 80.5 Å². The third-order valence-corrected chi connectivity index (χ3v) is 2.79. The summed E-state index contributed by atoms with van der Waals surface area (Å²) >= 11 is 0. The van der Waals surface area contributed by atoms with E-state index in [9.17, 15) is 14.4 Å². The lowest BCUT2D eigenvalue weighted by Crippen LogP contribution is -2.29. The molecule has 2 N–H and O–H groups in total. The van der Waals surface area contributed by atoms with E-state index in [1.165, 1.54) is 6.07 Å². The van der Waals surface area contributed by atoms with Crippen LogP contribution in [0.5, 0.6) is 0 Å². The summed E-state index contributed by atoms with van der Waals surface area (Å²) in [4.78, 5) is 35.4. The second-order valence-corrected chi connectivity index (χ2v) is 3.99. The number of hydrogen-bond acceptors (Lipinski definition) is 3. The zero-order valence-electron chi connectivity index (χ0n) is 9.40. The van der Waals surface area contributed by atoms with Gasteiger partial charge in [-0.15, -0.1) is 0 Å². The van der Waals surface area contributed by atoms with Gasteiger partial charge in [-0.1, -0.05) is 6.07 Å². The molecule has 5 heteroatoms. The van der Waals surface area contributed by atoms with Crippen LogP contribution in [-0.2, 0) is 9.59 Å². The van der Waals surface area contributed by atoms with Crippen molar-refractivity contribution >= 4 is 23.4 Å². The molecule has 1 aromatic carbocycles. The molecule has 88 valence electrons. The van der Waals surface area contributed by atoms with E-state index in [4.69, 9.17) is 5.73 Å². The quantitative estimate of drug-likeness (QED) is 0.764. The predicted molar refractivity (Wildman–Crippen MR) is 61.4 cm³/mol. The number of carbonyl (C=O) groups is 3. The minimum Gasteiger partial charge on any atom is -0.366 e.